The number of amides is 1. The van der Waals surface area contributed by atoms with Crippen LogP contribution in [0, 0.1) is 17.1 Å². The first-order valence-corrected chi connectivity index (χ1v) is 7.97. The summed E-state index contributed by atoms with van der Waals surface area (Å²) in [5.74, 6) is -0.343. The van der Waals surface area contributed by atoms with E-state index in [2.05, 4.69) is 11.0 Å². The molecule has 1 amide bonds. The first kappa shape index (κ1) is 15.7. The molecule has 1 atom stereocenters. The number of benzene rings is 1. The lowest BCUT2D eigenvalue weighted by atomic mass is 10.1. The van der Waals surface area contributed by atoms with Gasteiger partial charge in [-0.3, -0.25) is 9.69 Å². The maximum Gasteiger partial charge on any atom is 0.249 e. The highest BCUT2D eigenvalue weighted by Gasteiger charge is 2.38. The van der Waals surface area contributed by atoms with E-state index in [1.54, 1.807) is 30.0 Å². The number of carbonyl (C=O) groups excluding carboxylic acids is 1. The summed E-state index contributed by atoms with van der Waals surface area (Å²) < 4.78 is 12.9. The van der Waals surface area contributed by atoms with Gasteiger partial charge in [0.2, 0.25) is 5.91 Å². The Morgan fingerprint density at radius 1 is 1.30 bits per heavy atom. The van der Waals surface area contributed by atoms with Crippen LogP contribution in [0.25, 0.3) is 6.08 Å². The molecular formula is C18H20FN3O. The van der Waals surface area contributed by atoms with Gasteiger partial charge in [0.15, 0.2) is 0 Å². The SMILES string of the molecule is C/C(=C\c1ccc(F)cc1)C(=O)N1CCN(C2CC2)C(C#N)C1. The van der Waals surface area contributed by atoms with Crippen LogP contribution < -0.4 is 0 Å². The first-order valence-electron chi connectivity index (χ1n) is 7.97. The third-order valence-electron chi connectivity index (χ3n) is 4.46. The van der Waals surface area contributed by atoms with Gasteiger partial charge in [0.25, 0.3) is 0 Å². The zero-order valence-electron chi connectivity index (χ0n) is 13.2. The normalized spacial score (nSPS) is 22.7. The van der Waals surface area contributed by atoms with Gasteiger partial charge in [-0.2, -0.15) is 5.26 Å². The quantitative estimate of drug-likeness (QED) is 0.805. The number of halogens is 1. The van der Waals surface area contributed by atoms with Crippen LogP contribution >= 0.6 is 0 Å². The van der Waals surface area contributed by atoms with Gasteiger partial charge < -0.3 is 4.90 Å². The molecule has 1 aliphatic heterocycles. The van der Waals surface area contributed by atoms with Crippen LogP contribution in [0.3, 0.4) is 0 Å². The predicted octanol–water partition coefficient (Wildman–Crippen LogP) is 2.43. The fraction of sp³-hybridized carbons (Fsp3) is 0.444. The Balaban J connectivity index is 1.67. The molecule has 1 aromatic rings. The Morgan fingerprint density at radius 2 is 2.00 bits per heavy atom. The third-order valence-corrected chi connectivity index (χ3v) is 4.46. The Morgan fingerprint density at radius 3 is 2.61 bits per heavy atom. The van der Waals surface area contributed by atoms with Gasteiger partial charge in [-0.25, -0.2) is 4.39 Å². The van der Waals surface area contributed by atoms with Gasteiger partial charge >= 0.3 is 0 Å². The number of rotatable bonds is 3. The van der Waals surface area contributed by atoms with Crippen LogP contribution in [0.15, 0.2) is 29.8 Å². The largest absolute Gasteiger partial charge is 0.335 e. The summed E-state index contributed by atoms with van der Waals surface area (Å²) >= 11 is 0. The van der Waals surface area contributed by atoms with Gasteiger partial charge in [0.1, 0.15) is 11.9 Å². The minimum absolute atomic E-state index is 0.0509. The summed E-state index contributed by atoms with van der Waals surface area (Å²) in [5, 5.41) is 9.36. The van der Waals surface area contributed by atoms with E-state index >= 15 is 0 Å². The average molecular weight is 313 g/mol. The smallest absolute Gasteiger partial charge is 0.249 e. The fourth-order valence-electron chi connectivity index (χ4n) is 3.06. The molecular weight excluding hydrogens is 293 g/mol. The number of hydrogen-bond donors (Lipinski definition) is 0. The standard InChI is InChI=1S/C18H20FN3O/c1-13(10-14-2-4-15(19)5-3-14)18(23)21-8-9-22(16-6-7-16)17(11-20)12-21/h2-5,10,16-17H,6-9,12H2,1H3/b13-10+. The second kappa shape index (κ2) is 6.51. The zero-order chi connectivity index (χ0) is 16.4. The lowest BCUT2D eigenvalue weighted by Gasteiger charge is -2.38. The number of piperazine rings is 1. The first-order chi connectivity index (χ1) is 11.1. The monoisotopic (exact) mass is 313 g/mol. The van der Waals surface area contributed by atoms with E-state index in [-0.39, 0.29) is 17.8 Å². The summed E-state index contributed by atoms with van der Waals surface area (Å²) in [6, 6.07) is 8.70. The molecule has 1 saturated heterocycles. The zero-order valence-corrected chi connectivity index (χ0v) is 13.2. The molecule has 1 heterocycles. The van der Waals surface area contributed by atoms with Crippen LogP contribution in [0.2, 0.25) is 0 Å². The highest BCUT2D eigenvalue weighted by molar-refractivity contribution is 5.97. The fourth-order valence-corrected chi connectivity index (χ4v) is 3.06. The molecule has 1 aliphatic carbocycles. The minimum Gasteiger partial charge on any atom is -0.335 e. The number of hydrogen-bond acceptors (Lipinski definition) is 3. The highest BCUT2D eigenvalue weighted by atomic mass is 19.1. The van der Waals surface area contributed by atoms with Crippen molar-refractivity contribution < 1.29 is 9.18 Å². The van der Waals surface area contributed by atoms with Crippen LogP contribution in [-0.4, -0.2) is 47.4 Å². The van der Waals surface area contributed by atoms with Crippen molar-refractivity contribution in [2.75, 3.05) is 19.6 Å². The Hall–Kier alpha value is -2.19. The maximum atomic E-state index is 12.9. The van der Waals surface area contributed by atoms with Gasteiger partial charge in [0, 0.05) is 31.2 Å². The van der Waals surface area contributed by atoms with Crippen molar-refractivity contribution in [1.82, 2.24) is 9.80 Å². The van der Waals surface area contributed by atoms with Crippen LogP contribution in [-0.2, 0) is 4.79 Å². The predicted molar refractivity (Wildman–Crippen MR) is 85.8 cm³/mol. The maximum absolute atomic E-state index is 12.9. The van der Waals surface area contributed by atoms with Crippen molar-refractivity contribution in [1.29, 1.82) is 5.26 Å². The van der Waals surface area contributed by atoms with E-state index in [9.17, 15) is 14.4 Å². The molecule has 23 heavy (non-hydrogen) atoms. The topological polar surface area (TPSA) is 47.3 Å². The lowest BCUT2D eigenvalue weighted by molar-refractivity contribution is -0.129. The molecule has 2 fully saturated rings. The van der Waals surface area contributed by atoms with E-state index in [4.69, 9.17) is 0 Å². The molecule has 5 heteroatoms. The molecule has 4 nitrogen and oxygen atoms in total. The molecule has 0 aromatic heterocycles. The summed E-state index contributed by atoms with van der Waals surface area (Å²) in [7, 11) is 0. The van der Waals surface area contributed by atoms with Crippen molar-refractivity contribution in [3.63, 3.8) is 0 Å². The Kier molecular flexibility index (Phi) is 4.44. The van der Waals surface area contributed by atoms with Crippen LogP contribution in [0.1, 0.15) is 25.3 Å². The van der Waals surface area contributed by atoms with E-state index in [1.165, 1.54) is 12.1 Å². The van der Waals surface area contributed by atoms with E-state index in [0.717, 1.165) is 24.9 Å². The molecule has 1 saturated carbocycles. The second-order valence-electron chi connectivity index (χ2n) is 6.24. The molecule has 0 N–H and O–H groups in total. The van der Waals surface area contributed by atoms with Crippen molar-refractivity contribution in [2.45, 2.75) is 31.8 Å². The Bertz CT molecular complexity index is 658. The van der Waals surface area contributed by atoms with Gasteiger partial charge in [-0.15, -0.1) is 0 Å². The summed E-state index contributed by atoms with van der Waals surface area (Å²) in [6.45, 7) is 3.64. The molecule has 1 aromatic carbocycles. The van der Waals surface area contributed by atoms with Crippen molar-refractivity contribution in [3.8, 4) is 6.07 Å². The number of nitriles is 1. The summed E-state index contributed by atoms with van der Waals surface area (Å²) in [6.07, 6.45) is 4.08. The average Bonchev–Trinajstić information content (AvgIpc) is 3.40. The Labute approximate surface area is 135 Å². The van der Waals surface area contributed by atoms with Gasteiger partial charge in [-0.05, 0) is 43.5 Å². The van der Waals surface area contributed by atoms with Crippen molar-refractivity contribution >= 4 is 12.0 Å². The molecule has 3 rings (SSSR count). The molecule has 120 valence electrons. The third kappa shape index (κ3) is 3.59. The molecule has 2 aliphatic rings. The molecule has 0 spiro atoms. The highest BCUT2D eigenvalue weighted by Crippen LogP contribution is 2.30. The molecule has 1 unspecified atom stereocenters. The molecule has 0 radical (unpaired) electrons. The van der Waals surface area contributed by atoms with E-state index < -0.39 is 0 Å². The van der Waals surface area contributed by atoms with E-state index in [1.807, 2.05) is 0 Å². The summed E-state index contributed by atoms with van der Waals surface area (Å²) in [5.41, 5.74) is 1.40. The van der Waals surface area contributed by atoms with E-state index in [0.29, 0.717) is 24.7 Å². The van der Waals surface area contributed by atoms with Gasteiger partial charge in [0.05, 0.1) is 6.07 Å². The van der Waals surface area contributed by atoms with Crippen molar-refractivity contribution in [3.05, 3.63) is 41.2 Å². The molecule has 0 bridgehead atoms. The van der Waals surface area contributed by atoms with Crippen molar-refractivity contribution in [2.24, 2.45) is 0 Å². The van der Waals surface area contributed by atoms with Crippen LogP contribution in [0.5, 0.6) is 0 Å². The lowest BCUT2D eigenvalue weighted by Crippen LogP contribution is -2.55. The minimum atomic E-state index is -0.292. The van der Waals surface area contributed by atoms with Crippen LogP contribution in [0.4, 0.5) is 4.39 Å². The number of nitrogens with zero attached hydrogens (tertiary/aromatic N) is 3. The summed E-state index contributed by atoms with van der Waals surface area (Å²) in [4.78, 5) is 16.6. The second-order valence-corrected chi connectivity index (χ2v) is 6.24. The van der Waals surface area contributed by atoms with Gasteiger partial charge in [-0.1, -0.05) is 12.1 Å². The number of carbonyl (C=O) groups is 1.